The number of fused-ring (bicyclic) bond motifs is 1. The number of hydrogen-bond donors (Lipinski definition) is 2. The third-order valence-corrected chi connectivity index (χ3v) is 6.90. The van der Waals surface area contributed by atoms with Crippen molar-refractivity contribution in [2.75, 3.05) is 18.5 Å². The van der Waals surface area contributed by atoms with Crippen LogP contribution in [0.15, 0.2) is 22.7 Å². The van der Waals surface area contributed by atoms with E-state index in [1.54, 1.807) is 25.1 Å². The Hall–Kier alpha value is -1.97. The third-order valence-electron chi connectivity index (χ3n) is 4.87. The molecule has 2 aromatic rings. The molecule has 0 radical (unpaired) electrons. The average molecular weight is 540 g/mol. The molecule has 1 amide bonds. The summed E-state index contributed by atoms with van der Waals surface area (Å²) in [4.78, 5) is 26.5. The Bertz CT molecular complexity index is 1020. The first-order valence-electron chi connectivity index (χ1n) is 10.7. The molecule has 0 spiro atoms. The van der Waals surface area contributed by atoms with Crippen LogP contribution in [0.3, 0.4) is 0 Å². The van der Waals surface area contributed by atoms with Gasteiger partial charge in [0.25, 0.3) is 5.91 Å². The van der Waals surface area contributed by atoms with E-state index in [1.807, 2.05) is 0 Å². The molecule has 1 aromatic carbocycles. The number of hydrogen-bond acceptors (Lipinski definition) is 6. The molecular weight excluding hydrogens is 512 g/mol. The number of thiophene rings is 1. The van der Waals surface area contributed by atoms with Gasteiger partial charge in [-0.2, -0.15) is 0 Å². The molecule has 0 unspecified atom stereocenters. The van der Waals surface area contributed by atoms with Gasteiger partial charge in [-0.3, -0.25) is 10.1 Å². The van der Waals surface area contributed by atoms with Crippen LogP contribution in [0, 0.1) is 5.92 Å². The zero-order chi connectivity index (χ0) is 23.3. The molecule has 0 fully saturated rings. The van der Waals surface area contributed by atoms with Crippen molar-refractivity contribution >= 4 is 61.5 Å². The number of carbonyl (C=O) groups is 2. The van der Waals surface area contributed by atoms with Gasteiger partial charge >= 0.3 is 5.97 Å². The summed E-state index contributed by atoms with van der Waals surface area (Å²) in [5.41, 5.74) is 2.02. The smallest absolute Gasteiger partial charge is 0.341 e. The van der Waals surface area contributed by atoms with Crippen LogP contribution in [-0.4, -0.2) is 30.2 Å². The molecule has 0 atom stereocenters. The van der Waals surface area contributed by atoms with Crippen LogP contribution in [0.5, 0.6) is 5.75 Å². The Morgan fingerprint density at radius 1 is 1.25 bits per heavy atom. The van der Waals surface area contributed by atoms with E-state index in [4.69, 9.17) is 21.7 Å². The number of thiocarbonyl (C=S) groups is 1. The van der Waals surface area contributed by atoms with Crippen LogP contribution in [0.1, 0.15) is 64.8 Å². The van der Waals surface area contributed by atoms with Crippen molar-refractivity contribution < 1.29 is 19.1 Å². The van der Waals surface area contributed by atoms with E-state index >= 15 is 0 Å². The Kier molecular flexibility index (Phi) is 8.67. The van der Waals surface area contributed by atoms with Gasteiger partial charge in [0.15, 0.2) is 5.11 Å². The minimum atomic E-state index is -0.357. The van der Waals surface area contributed by atoms with Gasteiger partial charge in [-0.05, 0) is 90.4 Å². The number of amides is 1. The van der Waals surface area contributed by atoms with Crippen LogP contribution in [0.2, 0.25) is 0 Å². The molecule has 2 N–H and O–H groups in total. The van der Waals surface area contributed by atoms with Crippen LogP contribution in [0.4, 0.5) is 5.00 Å². The molecule has 172 valence electrons. The van der Waals surface area contributed by atoms with Crippen LogP contribution >= 0.6 is 39.5 Å². The fraction of sp³-hybridized carbons (Fsp3) is 0.435. The summed E-state index contributed by atoms with van der Waals surface area (Å²) in [6.07, 6.45) is 3.93. The van der Waals surface area contributed by atoms with Crippen molar-refractivity contribution in [3.05, 3.63) is 44.2 Å². The normalized spacial score (nSPS) is 12.8. The molecule has 6 nitrogen and oxygen atoms in total. The van der Waals surface area contributed by atoms with E-state index in [9.17, 15) is 9.59 Å². The van der Waals surface area contributed by atoms with Crippen LogP contribution < -0.4 is 15.4 Å². The van der Waals surface area contributed by atoms with Crippen LogP contribution in [-0.2, 0) is 17.6 Å². The Morgan fingerprint density at radius 3 is 2.69 bits per heavy atom. The van der Waals surface area contributed by atoms with Gasteiger partial charge in [-0.25, -0.2) is 4.79 Å². The van der Waals surface area contributed by atoms with Crippen molar-refractivity contribution in [2.24, 2.45) is 5.92 Å². The van der Waals surface area contributed by atoms with E-state index in [-0.39, 0.29) is 17.0 Å². The molecule has 32 heavy (non-hydrogen) atoms. The third kappa shape index (κ3) is 6.08. The summed E-state index contributed by atoms with van der Waals surface area (Å²) >= 11 is 10.3. The highest BCUT2D eigenvalue weighted by molar-refractivity contribution is 9.10. The molecule has 1 aliphatic rings. The minimum Gasteiger partial charge on any atom is -0.492 e. The summed E-state index contributed by atoms with van der Waals surface area (Å²) in [5, 5.41) is 6.50. The van der Waals surface area contributed by atoms with E-state index in [2.05, 4.69) is 40.4 Å². The lowest BCUT2D eigenvalue weighted by Crippen LogP contribution is -2.34. The van der Waals surface area contributed by atoms with Crippen molar-refractivity contribution in [1.82, 2.24) is 5.32 Å². The molecule has 0 saturated carbocycles. The largest absolute Gasteiger partial charge is 0.492 e. The summed E-state index contributed by atoms with van der Waals surface area (Å²) in [6.45, 7) is 6.82. The molecule has 0 bridgehead atoms. The molecule has 0 aliphatic heterocycles. The van der Waals surface area contributed by atoms with Crippen molar-refractivity contribution in [1.29, 1.82) is 0 Å². The number of carbonyl (C=O) groups excluding carboxylic acids is 2. The monoisotopic (exact) mass is 538 g/mol. The average Bonchev–Trinajstić information content (AvgIpc) is 3.10. The summed E-state index contributed by atoms with van der Waals surface area (Å²) in [7, 11) is 0. The van der Waals surface area contributed by atoms with Crippen molar-refractivity contribution in [3.8, 4) is 5.75 Å². The van der Waals surface area contributed by atoms with Crippen LogP contribution in [0.25, 0.3) is 0 Å². The number of benzene rings is 1. The van der Waals surface area contributed by atoms with Gasteiger partial charge in [0.05, 0.1) is 23.2 Å². The highest BCUT2D eigenvalue weighted by Crippen LogP contribution is 2.38. The summed E-state index contributed by atoms with van der Waals surface area (Å²) < 4.78 is 11.7. The molecule has 1 heterocycles. The number of aryl methyl sites for hydroxylation is 1. The zero-order valence-electron chi connectivity index (χ0n) is 18.4. The summed E-state index contributed by atoms with van der Waals surface area (Å²) in [6, 6.07) is 5.14. The number of rotatable bonds is 7. The lowest BCUT2D eigenvalue weighted by molar-refractivity contribution is 0.0526. The second-order valence-corrected chi connectivity index (χ2v) is 10.3. The predicted octanol–water partition coefficient (Wildman–Crippen LogP) is 5.73. The Balaban J connectivity index is 1.70. The van der Waals surface area contributed by atoms with Crippen molar-refractivity contribution in [2.45, 2.75) is 46.5 Å². The zero-order valence-corrected chi connectivity index (χ0v) is 21.6. The van der Waals surface area contributed by atoms with E-state index in [1.165, 1.54) is 16.2 Å². The summed E-state index contributed by atoms with van der Waals surface area (Å²) in [5.74, 6) is 0.372. The van der Waals surface area contributed by atoms with E-state index < -0.39 is 0 Å². The quantitative estimate of drug-likeness (QED) is 0.346. The van der Waals surface area contributed by atoms with Gasteiger partial charge in [0, 0.05) is 10.4 Å². The number of esters is 1. The molecule has 0 saturated heterocycles. The Morgan fingerprint density at radius 2 is 2.00 bits per heavy atom. The number of ether oxygens (including phenoxy) is 2. The first-order chi connectivity index (χ1) is 15.3. The van der Waals surface area contributed by atoms with Gasteiger partial charge in [0.2, 0.25) is 0 Å². The minimum absolute atomic E-state index is 0.135. The maximum atomic E-state index is 12.7. The SMILES string of the molecule is CCOC(=O)c1c(NC(=S)NC(=O)c2ccc(OCC(C)C)c(Br)c2)sc2c1CCCC2. The molecular formula is C23H27BrN2O4S2. The molecule has 9 heteroatoms. The maximum Gasteiger partial charge on any atom is 0.341 e. The Labute approximate surface area is 206 Å². The molecule has 1 aromatic heterocycles. The topological polar surface area (TPSA) is 76.7 Å². The predicted molar refractivity (Wildman–Crippen MR) is 135 cm³/mol. The van der Waals surface area contributed by atoms with Gasteiger partial charge in [0.1, 0.15) is 10.8 Å². The van der Waals surface area contributed by atoms with Crippen molar-refractivity contribution in [3.63, 3.8) is 0 Å². The second kappa shape index (κ2) is 11.2. The maximum absolute atomic E-state index is 12.7. The van der Waals surface area contributed by atoms with E-state index in [0.717, 1.165) is 31.2 Å². The van der Waals surface area contributed by atoms with Gasteiger partial charge < -0.3 is 14.8 Å². The first kappa shape index (κ1) is 24.7. The molecule has 1 aliphatic carbocycles. The lowest BCUT2D eigenvalue weighted by atomic mass is 9.95. The number of anilines is 1. The number of halogens is 1. The molecule has 3 rings (SSSR count). The van der Waals surface area contributed by atoms with Gasteiger partial charge in [-0.1, -0.05) is 13.8 Å². The lowest BCUT2D eigenvalue weighted by Gasteiger charge is -2.13. The highest BCUT2D eigenvalue weighted by Gasteiger charge is 2.27. The second-order valence-electron chi connectivity index (χ2n) is 7.89. The first-order valence-corrected chi connectivity index (χ1v) is 12.7. The van der Waals surface area contributed by atoms with E-state index in [0.29, 0.717) is 45.5 Å². The fourth-order valence-electron chi connectivity index (χ4n) is 3.40. The highest BCUT2D eigenvalue weighted by atomic mass is 79.9. The van der Waals surface area contributed by atoms with Gasteiger partial charge in [-0.15, -0.1) is 11.3 Å². The standard InChI is InChI=1S/C23H27BrN2O4S2/c1-4-29-22(28)19-15-7-5-6-8-18(15)32-21(19)26-23(31)25-20(27)14-9-10-17(16(24)11-14)30-12-13(2)3/h9-11,13H,4-8,12H2,1-3H3,(H2,25,26,27,31). The fourth-order valence-corrected chi connectivity index (χ4v) is 5.43. The number of nitrogens with one attached hydrogen (secondary N) is 2.